The van der Waals surface area contributed by atoms with E-state index in [4.69, 9.17) is 4.42 Å². The maximum atomic E-state index is 13.4. The molecule has 4 heterocycles. The molecule has 0 bridgehead atoms. The molecule has 2 amide bonds. The molecule has 0 aliphatic carbocycles. The standard InChI is InChI=1S/C38H45N5O7S2/c1-51(46,47)33-9-4-28(5-10-33)27-41-20-22-42(23-21-41)38(45)30-8-13-35-31(24-30)25-36(50-35)37(44)39-32-14-18-40(19-15-32)26-29-6-11-34(12-7-29)52(48,49)43-16-2-3-17-43/h4-13,24-25,32H,2-3,14-23,26-27H2,1H3,(H,39,44). The molecule has 4 aromatic rings. The van der Waals surface area contributed by atoms with Gasteiger partial charge in [0.25, 0.3) is 11.8 Å². The van der Waals surface area contributed by atoms with Crippen LogP contribution in [0, 0.1) is 0 Å². The molecule has 3 fully saturated rings. The third-order valence-corrected chi connectivity index (χ3v) is 13.4. The number of fused-ring (bicyclic) bond motifs is 1. The summed E-state index contributed by atoms with van der Waals surface area (Å²) in [6.45, 7) is 6.74. The highest BCUT2D eigenvalue weighted by atomic mass is 32.2. The first-order valence-electron chi connectivity index (χ1n) is 17.9. The Kier molecular flexibility index (Phi) is 10.5. The summed E-state index contributed by atoms with van der Waals surface area (Å²) in [5.41, 5.74) is 3.17. The Morgan fingerprint density at radius 2 is 1.29 bits per heavy atom. The fraction of sp³-hybridized carbons (Fsp3) is 0.421. The first kappa shape index (κ1) is 36.3. The van der Waals surface area contributed by atoms with Gasteiger partial charge in [0.2, 0.25) is 10.0 Å². The van der Waals surface area contributed by atoms with E-state index in [0.29, 0.717) is 78.7 Å². The van der Waals surface area contributed by atoms with Crippen molar-refractivity contribution < 1.29 is 30.8 Å². The van der Waals surface area contributed by atoms with E-state index in [1.54, 1.807) is 52.8 Å². The van der Waals surface area contributed by atoms with E-state index in [2.05, 4.69) is 15.1 Å². The van der Waals surface area contributed by atoms with Crippen molar-refractivity contribution in [3.05, 3.63) is 95.2 Å². The fourth-order valence-corrected chi connectivity index (χ4v) is 9.42. The van der Waals surface area contributed by atoms with E-state index in [1.807, 2.05) is 29.2 Å². The largest absolute Gasteiger partial charge is 0.451 e. The summed E-state index contributed by atoms with van der Waals surface area (Å²) >= 11 is 0. The molecule has 14 heteroatoms. The lowest BCUT2D eigenvalue weighted by Crippen LogP contribution is -2.48. The highest BCUT2D eigenvalue weighted by Crippen LogP contribution is 2.25. The van der Waals surface area contributed by atoms with Crippen LogP contribution in [0.2, 0.25) is 0 Å². The van der Waals surface area contributed by atoms with Crippen molar-refractivity contribution in [3.63, 3.8) is 0 Å². The molecule has 3 aliphatic heterocycles. The average Bonchev–Trinajstić information content (AvgIpc) is 3.84. The second-order valence-electron chi connectivity index (χ2n) is 14.1. The van der Waals surface area contributed by atoms with Crippen molar-refractivity contribution in [3.8, 4) is 0 Å². The number of furan rings is 1. The van der Waals surface area contributed by atoms with E-state index in [9.17, 15) is 26.4 Å². The van der Waals surface area contributed by atoms with Crippen LogP contribution in [0.15, 0.2) is 87.0 Å². The van der Waals surface area contributed by atoms with Gasteiger partial charge in [0.1, 0.15) is 5.58 Å². The number of piperazine rings is 1. The van der Waals surface area contributed by atoms with Gasteiger partial charge in [0, 0.05) is 88.7 Å². The van der Waals surface area contributed by atoms with Crippen molar-refractivity contribution in [2.24, 2.45) is 0 Å². The summed E-state index contributed by atoms with van der Waals surface area (Å²) in [6.07, 6.45) is 4.59. The molecule has 0 spiro atoms. The second-order valence-corrected chi connectivity index (χ2v) is 18.1. The maximum Gasteiger partial charge on any atom is 0.287 e. The number of carbonyl (C=O) groups excluding carboxylic acids is 2. The molecule has 1 aromatic heterocycles. The third-order valence-electron chi connectivity index (χ3n) is 10.4. The molecule has 12 nitrogen and oxygen atoms in total. The van der Waals surface area contributed by atoms with Crippen LogP contribution < -0.4 is 5.32 Å². The van der Waals surface area contributed by atoms with Gasteiger partial charge < -0.3 is 14.6 Å². The number of hydrogen-bond acceptors (Lipinski definition) is 9. The van der Waals surface area contributed by atoms with Crippen LogP contribution >= 0.6 is 0 Å². The minimum absolute atomic E-state index is 0.00703. The smallest absolute Gasteiger partial charge is 0.287 e. The zero-order valence-corrected chi connectivity index (χ0v) is 31.0. The Morgan fingerprint density at radius 1 is 0.712 bits per heavy atom. The van der Waals surface area contributed by atoms with E-state index in [1.165, 1.54) is 6.26 Å². The zero-order valence-electron chi connectivity index (χ0n) is 29.4. The number of nitrogens with one attached hydrogen (secondary N) is 1. The molecule has 7 rings (SSSR count). The van der Waals surface area contributed by atoms with E-state index < -0.39 is 19.9 Å². The Bertz CT molecular complexity index is 2130. The molecular weight excluding hydrogens is 703 g/mol. The van der Waals surface area contributed by atoms with Gasteiger partial charge in [-0.25, -0.2) is 16.8 Å². The number of hydrogen-bond donors (Lipinski definition) is 1. The number of rotatable bonds is 10. The first-order valence-corrected chi connectivity index (χ1v) is 21.2. The van der Waals surface area contributed by atoms with Crippen molar-refractivity contribution in [2.75, 3.05) is 58.6 Å². The number of carbonyl (C=O) groups is 2. The molecule has 52 heavy (non-hydrogen) atoms. The van der Waals surface area contributed by atoms with E-state index >= 15 is 0 Å². The van der Waals surface area contributed by atoms with Crippen molar-refractivity contribution in [1.82, 2.24) is 24.3 Å². The number of sulfone groups is 1. The quantitative estimate of drug-likeness (QED) is 0.255. The summed E-state index contributed by atoms with van der Waals surface area (Å²) in [7, 11) is -6.65. The van der Waals surface area contributed by atoms with Crippen molar-refractivity contribution >= 4 is 42.6 Å². The second kappa shape index (κ2) is 15.1. The molecule has 0 radical (unpaired) electrons. The Morgan fingerprint density at radius 3 is 1.88 bits per heavy atom. The number of benzene rings is 3. The van der Waals surface area contributed by atoms with Crippen LogP contribution in [0.3, 0.4) is 0 Å². The lowest BCUT2D eigenvalue weighted by molar-refractivity contribution is 0.0628. The van der Waals surface area contributed by atoms with Gasteiger partial charge in [-0.2, -0.15) is 4.31 Å². The van der Waals surface area contributed by atoms with E-state index in [-0.39, 0.29) is 23.6 Å². The third kappa shape index (κ3) is 8.26. The molecule has 0 atom stereocenters. The Hall–Kier alpha value is -4.08. The molecular formula is C38H45N5O7S2. The van der Waals surface area contributed by atoms with Crippen LogP contribution in [-0.4, -0.2) is 112 Å². The number of piperidine rings is 1. The molecule has 3 aromatic carbocycles. The van der Waals surface area contributed by atoms with Crippen LogP contribution in [0.25, 0.3) is 11.0 Å². The Labute approximate surface area is 305 Å². The van der Waals surface area contributed by atoms with Crippen molar-refractivity contribution in [2.45, 2.75) is 54.6 Å². The van der Waals surface area contributed by atoms with Gasteiger partial charge in [-0.15, -0.1) is 0 Å². The van der Waals surface area contributed by atoms with Crippen LogP contribution in [0.5, 0.6) is 0 Å². The number of nitrogens with zero attached hydrogens (tertiary/aromatic N) is 4. The molecule has 1 N–H and O–H groups in total. The summed E-state index contributed by atoms with van der Waals surface area (Å²) in [5, 5.41) is 3.81. The molecule has 0 saturated carbocycles. The fourth-order valence-electron chi connectivity index (χ4n) is 7.27. The molecule has 3 saturated heterocycles. The van der Waals surface area contributed by atoms with Crippen LogP contribution in [0.4, 0.5) is 0 Å². The number of amides is 2. The summed E-state index contributed by atoms with van der Waals surface area (Å²) in [5.74, 6) is -0.135. The summed E-state index contributed by atoms with van der Waals surface area (Å²) in [4.78, 5) is 33.6. The molecule has 0 unspecified atom stereocenters. The van der Waals surface area contributed by atoms with Gasteiger partial charge in [-0.1, -0.05) is 24.3 Å². The normalized spacial score (nSPS) is 18.6. The topological polar surface area (TPSA) is 141 Å². The SMILES string of the molecule is CS(=O)(=O)c1ccc(CN2CCN(C(=O)c3ccc4oc(C(=O)NC5CCN(Cc6ccc(S(=O)(=O)N7CCCC7)cc6)CC5)cc4c3)CC2)cc1. The lowest BCUT2D eigenvalue weighted by Gasteiger charge is -2.34. The number of sulfonamides is 1. The van der Waals surface area contributed by atoms with Gasteiger partial charge in [0.05, 0.1) is 9.79 Å². The molecule has 276 valence electrons. The highest BCUT2D eigenvalue weighted by Gasteiger charge is 2.28. The minimum atomic E-state index is -3.42. The van der Waals surface area contributed by atoms with E-state index in [0.717, 1.165) is 49.9 Å². The van der Waals surface area contributed by atoms with Gasteiger partial charge in [0.15, 0.2) is 15.6 Å². The lowest BCUT2D eigenvalue weighted by atomic mass is 10.0. The number of likely N-dealkylation sites (tertiary alicyclic amines) is 1. The molecule has 3 aliphatic rings. The van der Waals surface area contributed by atoms with Crippen LogP contribution in [-0.2, 0) is 33.0 Å². The zero-order chi connectivity index (χ0) is 36.5. The predicted octanol–water partition coefficient (Wildman–Crippen LogP) is 3.97. The maximum absolute atomic E-state index is 13.4. The van der Waals surface area contributed by atoms with Gasteiger partial charge >= 0.3 is 0 Å². The Balaban J connectivity index is 0.874. The van der Waals surface area contributed by atoms with Crippen molar-refractivity contribution in [1.29, 1.82) is 0 Å². The minimum Gasteiger partial charge on any atom is -0.451 e. The highest BCUT2D eigenvalue weighted by molar-refractivity contribution is 7.90. The average molecular weight is 748 g/mol. The van der Waals surface area contributed by atoms with Gasteiger partial charge in [-0.05, 0) is 85.3 Å². The first-order chi connectivity index (χ1) is 24.9. The summed E-state index contributed by atoms with van der Waals surface area (Å²) in [6, 6.07) is 21.1. The predicted molar refractivity (Wildman–Crippen MR) is 197 cm³/mol. The monoisotopic (exact) mass is 747 g/mol. The van der Waals surface area contributed by atoms with Crippen LogP contribution in [0.1, 0.15) is 57.7 Å². The summed E-state index contributed by atoms with van der Waals surface area (Å²) < 4.78 is 56.6. The van der Waals surface area contributed by atoms with Gasteiger partial charge in [-0.3, -0.25) is 19.4 Å².